The molecule has 0 aliphatic heterocycles. The minimum Gasteiger partial charge on any atom is -0.756 e. The number of phosphoric acid groups is 1. The van der Waals surface area contributed by atoms with Crippen LogP contribution < -0.4 is 4.89 Å². The Morgan fingerprint density at radius 3 is 0.952 bits per heavy atom. The molecule has 2 unspecified atom stereocenters. The minimum absolute atomic E-state index is 0.0280. The number of esters is 2. The molecule has 0 bridgehead atoms. The average molecular weight is 1200 g/mol. The summed E-state index contributed by atoms with van der Waals surface area (Å²) in [7, 11) is 1.19. The quantitative estimate of drug-likeness (QED) is 0.0195. The van der Waals surface area contributed by atoms with Crippen molar-refractivity contribution in [1.82, 2.24) is 0 Å². The van der Waals surface area contributed by atoms with Crippen LogP contribution in [0.15, 0.2) is 36.5 Å². The van der Waals surface area contributed by atoms with Gasteiger partial charge in [0.05, 0.1) is 27.7 Å². The fraction of sp³-hybridized carbons (Fsp3) is 0.892. The third-order valence-corrected chi connectivity index (χ3v) is 17.6. The van der Waals surface area contributed by atoms with Crippen molar-refractivity contribution in [3.05, 3.63) is 36.5 Å². The van der Waals surface area contributed by atoms with E-state index < -0.39 is 26.5 Å². The van der Waals surface area contributed by atoms with Crippen LogP contribution in [-0.4, -0.2) is 70.0 Å². The highest BCUT2D eigenvalue weighted by Crippen LogP contribution is 2.38. The first kappa shape index (κ1) is 82.2. The van der Waals surface area contributed by atoms with Gasteiger partial charge in [-0.1, -0.05) is 326 Å². The molecule has 0 fully saturated rings. The van der Waals surface area contributed by atoms with Gasteiger partial charge in [0, 0.05) is 12.8 Å². The third kappa shape index (κ3) is 69.3. The van der Waals surface area contributed by atoms with Crippen LogP contribution in [0.5, 0.6) is 0 Å². The Labute approximate surface area is 522 Å². The number of hydrogen-bond donors (Lipinski definition) is 0. The summed E-state index contributed by atoms with van der Waals surface area (Å²) < 4.78 is 34.3. The zero-order chi connectivity index (χ0) is 61.2. The van der Waals surface area contributed by atoms with Gasteiger partial charge in [-0.2, -0.15) is 0 Å². The molecule has 0 saturated carbocycles. The van der Waals surface area contributed by atoms with Crippen LogP contribution in [0.1, 0.15) is 373 Å². The van der Waals surface area contributed by atoms with Crippen molar-refractivity contribution in [1.29, 1.82) is 0 Å². The van der Waals surface area contributed by atoms with Crippen molar-refractivity contribution in [2.75, 3.05) is 47.5 Å². The zero-order valence-electron chi connectivity index (χ0n) is 56.6. The molecule has 0 N–H and O–H groups in total. The standard InChI is InChI=1S/C74H142NO8P/c1-6-8-10-12-14-16-18-20-22-24-26-28-30-31-32-33-34-35-36-37-38-39-40-41-42-43-45-47-49-51-53-55-57-59-61-63-65-67-74(77)83-72(71-82-84(78,79)81-69-68-75(3,4)5)70-80-73(76)66-64-62-60-58-56-54-52-50-48-46-44-29-27-25-23-21-19-17-15-13-11-9-7-2/h18,20,24-27,72H,6-17,19,21-23,28-71H2,1-5H3/b20-18-,26-24-,27-25-. The highest BCUT2D eigenvalue weighted by Gasteiger charge is 2.22. The monoisotopic (exact) mass is 1200 g/mol. The number of quaternary nitrogens is 1. The van der Waals surface area contributed by atoms with E-state index in [2.05, 4.69) is 50.3 Å². The van der Waals surface area contributed by atoms with E-state index in [-0.39, 0.29) is 32.0 Å². The van der Waals surface area contributed by atoms with E-state index in [4.69, 9.17) is 18.5 Å². The number of carbonyl (C=O) groups is 2. The van der Waals surface area contributed by atoms with Gasteiger partial charge >= 0.3 is 11.9 Å². The third-order valence-electron chi connectivity index (χ3n) is 16.6. The highest BCUT2D eigenvalue weighted by molar-refractivity contribution is 7.45. The van der Waals surface area contributed by atoms with E-state index in [1.165, 1.54) is 302 Å². The maximum atomic E-state index is 12.9. The Bertz CT molecular complexity index is 1510. The molecule has 0 aromatic rings. The fourth-order valence-corrected chi connectivity index (χ4v) is 11.7. The van der Waals surface area contributed by atoms with Crippen LogP contribution in [0.25, 0.3) is 0 Å². The van der Waals surface area contributed by atoms with E-state index in [0.717, 1.165) is 38.5 Å². The second-order valence-corrected chi connectivity index (χ2v) is 27.7. The summed E-state index contributed by atoms with van der Waals surface area (Å²) in [4.78, 5) is 38.1. The number of carbonyl (C=O) groups excluding carboxylic acids is 2. The van der Waals surface area contributed by atoms with Gasteiger partial charge in [0.25, 0.3) is 7.82 Å². The van der Waals surface area contributed by atoms with Crippen molar-refractivity contribution in [3.63, 3.8) is 0 Å². The molecule has 0 aromatic carbocycles. The number of hydrogen-bond acceptors (Lipinski definition) is 8. The summed E-state index contributed by atoms with van der Waals surface area (Å²) >= 11 is 0. The summed E-state index contributed by atoms with van der Waals surface area (Å²) in [6.07, 6.45) is 83.9. The van der Waals surface area contributed by atoms with Gasteiger partial charge in [-0.05, 0) is 70.6 Å². The molecule has 84 heavy (non-hydrogen) atoms. The maximum absolute atomic E-state index is 12.9. The lowest BCUT2D eigenvalue weighted by atomic mass is 10.0. The van der Waals surface area contributed by atoms with E-state index >= 15 is 0 Å². The van der Waals surface area contributed by atoms with Crippen molar-refractivity contribution < 1.29 is 42.1 Å². The second-order valence-electron chi connectivity index (χ2n) is 26.3. The molecule has 496 valence electrons. The summed E-state index contributed by atoms with van der Waals surface area (Å²) in [5, 5.41) is 0. The van der Waals surface area contributed by atoms with Gasteiger partial charge in [-0.3, -0.25) is 14.2 Å². The fourth-order valence-electron chi connectivity index (χ4n) is 11.0. The highest BCUT2D eigenvalue weighted by atomic mass is 31.2. The lowest BCUT2D eigenvalue weighted by Crippen LogP contribution is -2.37. The number of unbranched alkanes of at least 4 members (excludes halogenated alkanes) is 49. The Balaban J connectivity index is 3.93. The van der Waals surface area contributed by atoms with Crippen LogP contribution in [0, 0.1) is 0 Å². The first-order valence-electron chi connectivity index (χ1n) is 36.7. The number of likely N-dealkylation sites (N-methyl/N-ethyl adjacent to an activating group) is 1. The van der Waals surface area contributed by atoms with Crippen molar-refractivity contribution in [2.45, 2.75) is 380 Å². The predicted molar refractivity (Wildman–Crippen MR) is 361 cm³/mol. The van der Waals surface area contributed by atoms with Crippen LogP contribution >= 0.6 is 7.82 Å². The normalized spacial score (nSPS) is 13.3. The van der Waals surface area contributed by atoms with Crippen molar-refractivity contribution in [2.24, 2.45) is 0 Å². The molecule has 0 heterocycles. The van der Waals surface area contributed by atoms with Gasteiger partial charge < -0.3 is 27.9 Å². The average Bonchev–Trinajstić information content (AvgIpc) is 3.61. The number of allylic oxidation sites excluding steroid dienone is 6. The Kier molecular flexibility index (Phi) is 64.3. The van der Waals surface area contributed by atoms with Crippen LogP contribution in [0.2, 0.25) is 0 Å². The molecule has 0 rings (SSSR count). The zero-order valence-corrected chi connectivity index (χ0v) is 57.5. The van der Waals surface area contributed by atoms with Gasteiger partial charge in [-0.25, -0.2) is 0 Å². The van der Waals surface area contributed by atoms with Crippen LogP contribution in [0.3, 0.4) is 0 Å². The van der Waals surface area contributed by atoms with E-state index in [0.29, 0.717) is 17.4 Å². The number of phosphoric ester groups is 1. The van der Waals surface area contributed by atoms with E-state index in [1.54, 1.807) is 0 Å². The van der Waals surface area contributed by atoms with E-state index in [1.807, 2.05) is 21.1 Å². The maximum Gasteiger partial charge on any atom is 0.306 e. The van der Waals surface area contributed by atoms with Crippen molar-refractivity contribution in [3.8, 4) is 0 Å². The molecule has 10 heteroatoms. The first-order valence-corrected chi connectivity index (χ1v) is 38.2. The van der Waals surface area contributed by atoms with Gasteiger partial charge in [0.2, 0.25) is 0 Å². The molecule has 0 saturated heterocycles. The molecule has 9 nitrogen and oxygen atoms in total. The lowest BCUT2D eigenvalue weighted by molar-refractivity contribution is -0.870. The molecule has 0 radical (unpaired) electrons. The number of rotatable bonds is 69. The van der Waals surface area contributed by atoms with Crippen LogP contribution in [-0.2, 0) is 32.7 Å². The SMILES string of the molecule is CCCCCCC/C=C\C/C=C\CCCCCCCCCCCCCCCCCCCCCCCCCCCC(=O)OC(COC(=O)CCCCCCCCCCCCC/C=C\CCCCCCCCCC)COP(=O)([O-])OCC[N+](C)(C)C. The van der Waals surface area contributed by atoms with Gasteiger partial charge in [0.1, 0.15) is 19.8 Å². The molecule has 0 spiro atoms. The molecular weight excluding hydrogens is 1060 g/mol. The molecular formula is C74H142NO8P. The minimum atomic E-state index is -4.64. The predicted octanol–water partition coefficient (Wildman–Crippen LogP) is 23.2. The Hall–Kier alpha value is -1.77. The lowest BCUT2D eigenvalue weighted by Gasteiger charge is -2.28. The van der Waals surface area contributed by atoms with Crippen molar-refractivity contribution >= 4 is 19.8 Å². The molecule has 0 aliphatic carbocycles. The van der Waals surface area contributed by atoms with E-state index in [9.17, 15) is 19.0 Å². The largest absolute Gasteiger partial charge is 0.756 e. The Morgan fingerprint density at radius 1 is 0.369 bits per heavy atom. The summed E-state index contributed by atoms with van der Waals surface area (Å²) in [6.45, 7) is 4.30. The topological polar surface area (TPSA) is 111 Å². The second kappa shape index (κ2) is 65.7. The summed E-state index contributed by atoms with van der Waals surface area (Å²) in [6, 6.07) is 0. The smallest absolute Gasteiger partial charge is 0.306 e. The van der Waals surface area contributed by atoms with Gasteiger partial charge in [0.15, 0.2) is 6.10 Å². The molecule has 0 aromatic heterocycles. The summed E-state index contributed by atoms with van der Waals surface area (Å²) in [5.74, 6) is -0.813. The van der Waals surface area contributed by atoms with Crippen LogP contribution in [0.4, 0.5) is 0 Å². The Morgan fingerprint density at radius 2 is 0.643 bits per heavy atom. The number of nitrogens with zero attached hydrogens (tertiary/aromatic N) is 1. The van der Waals surface area contributed by atoms with Gasteiger partial charge in [-0.15, -0.1) is 0 Å². The first-order chi connectivity index (χ1) is 41.0. The molecule has 0 amide bonds. The molecule has 2 atom stereocenters. The summed E-state index contributed by atoms with van der Waals surface area (Å²) in [5.41, 5.74) is 0. The number of ether oxygens (including phenoxy) is 2. The molecule has 0 aliphatic rings.